The first kappa shape index (κ1) is 16.5. The van der Waals surface area contributed by atoms with E-state index in [0.29, 0.717) is 0 Å². The predicted octanol–water partition coefficient (Wildman–Crippen LogP) is 1.74. The van der Waals surface area contributed by atoms with Gasteiger partial charge in [-0.05, 0) is 19.5 Å². The van der Waals surface area contributed by atoms with Gasteiger partial charge in [0.1, 0.15) is 0 Å². The van der Waals surface area contributed by atoms with E-state index in [1.54, 1.807) is 0 Å². The van der Waals surface area contributed by atoms with Gasteiger partial charge in [-0.2, -0.15) is 0 Å². The Kier molecular flexibility index (Phi) is 60.0. The van der Waals surface area contributed by atoms with Gasteiger partial charge in [0.05, 0.1) is 0 Å². The lowest BCUT2D eigenvalue weighted by molar-refractivity contribution is 0.807. The average molecular weight is 148 g/mol. The Bertz CT molecular complexity index is 21.2. The minimum atomic E-state index is 0.750. The Morgan fingerprint density at radius 1 is 1.00 bits per heavy atom. The van der Waals surface area contributed by atoms with Crippen molar-refractivity contribution in [1.82, 2.24) is 0 Å². The molecule has 2 heteroatoms. The summed E-state index contributed by atoms with van der Waals surface area (Å²) < 4.78 is 0. The molecule has 10 heavy (non-hydrogen) atoms. The van der Waals surface area contributed by atoms with Crippen LogP contribution < -0.4 is 11.5 Å². The highest BCUT2D eigenvalue weighted by Crippen LogP contribution is 1.77. The van der Waals surface area contributed by atoms with Gasteiger partial charge in [0.25, 0.3) is 0 Å². The first-order chi connectivity index (χ1) is 4.83. The van der Waals surface area contributed by atoms with Gasteiger partial charge in [0.2, 0.25) is 0 Å². The molecule has 0 radical (unpaired) electrons. The fraction of sp³-hybridized carbons (Fsp3) is 1.00. The number of hydrogen-bond donors (Lipinski definition) is 2. The van der Waals surface area contributed by atoms with E-state index < -0.39 is 0 Å². The summed E-state index contributed by atoms with van der Waals surface area (Å²) in [6, 6.07) is 0. The largest absolute Gasteiger partial charge is 0.331 e. The molecule has 0 aliphatic carbocycles. The molecule has 0 atom stereocenters. The van der Waals surface area contributed by atoms with Crippen molar-refractivity contribution in [3.8, 4) is 0 Å². The topological polar surface area (TPSA) is 52.0 Å². The lowest BCUT2D eigenvalue weighted by atomic mass is 10.3. The Labute approximate surface area is 66.0 Å². The van der Waals surface area contributed by atoms with E-state index in [9.17, 15) is 0 Å². The molecular weight excluding hydrogens is 124 g/mol. The standard InChI is InChI=1S/C4H11N.C2H7N.C2H6/c1-2-3-4-5;1-2-3;1-2/h2-5H2,1H3;2-3H2,1H3;1-2H3. The molecule has 0 unspecified atom stereocenters. The van der Waals surface area contributed by atoms with E-state index >= 15 is 0 Å². The van der Waals surface area contributed by atoms with E-state index in [1.165, 1.54) is 12.8 Å². The van der Waals surface area contributed by atoms with Crippen molar-refractivity contribution in [2.45, 2.75) is 40.5 Å². The van der Waals surface area contributed by atoms with Gasteiger partial charge in [-0.1, -0.05) is 34.1 Å². The van der Waals surface area contributed by atoms with Gasteiger partial charge in [0.15, 0.2) is 0 Å². The summed E-state index contributed by atoms with van der Waals surface area (Å²) in [5.41, 5.74) is 9.99. The molecule has 0 saturated carbocycles. The highest BCUT2D eigenvalue weighted by atomic mass is 14.5. The molecule has 0 spiro atoms. The summed E-state index contributed by atoms with van der Waals surface area (Å²) >= 11 is 0. The zero-order valence-electron chi connectivity index (χ0n) is 7.98. The normalized spacial score (nSPS) is 6.60. The van der Waals surface area contributed by atoms with Crippen LogP contribution in [0.25, 0.3) is 0 Å². The number of rotatable bonds is 2. The van der Waals surface area contributed by atoms with Gasteiger partial charge in [-0.3, -0.25) is 0 Å². The lowest BCUT2D eigenvalue weighted by Gasteiger charge is -1.80. The van der Waals surface area contributed by atoms with Gasteiger partial charge in [0, 0.05) is 0 Å². The van der Waals surface area contributed by atoms with Gasteiger partial charge < -0.3 is 11.5 Å². The zero-order valence-corrected chi connectivity index (χ0v) is 7.98. The van der Waals surface area contributed by atoms with Crippen LogP contribution in [0.1, 0.15) is 40.5 Å². The molecule has 0 aliphatic rings. The molecule has 66 valence electrons. The quantitative estimate of drug-likeness (QED) is 0.626. The zero-order chi connectivity index (χ0) is 8.83. The summed E-state index contributed by atoms with van der Waals surface area (Å²) in [4.78, 5) is 0. The molecule has 0 bridgehead atoms. The second-order valence-electron chi connectivity index (χ2n) is 1.55. The molecule has 4 N–H and O–H groups in total. The fourth-order valence-electron chi connectivity index (χ4n) is 0.204. The third kappa shape index (κ3) is 103. The molecule has 0 amide bonds. The fourth-order valence-corrected chi connectivity index (χ4v) is 0.204. The molecule has 0 heterocycles. The minimum Gasteiger partial charge on any atom is -0.331 e. The summed E-state index contributed by atoms with van der Waals surface area (Å²) in [6.45, 7) is 9.63. The summed E-state index contributed by atoms with van der Waals surface area (Å²) in [6.07, 6.45) is 2.39. The first-order valence-electron chi connectivity index (χ1n) is 4.23. The molecule has 0 saturated heterocycles. The average Bonchev–Trinajstić information content (AvgIpc) is 1.96. The van der Waals surface area contributed by atoms with E-state index in [2.05, 4.69) is 6.92 Å². The monoisotopic (exact) mass is 148 g/mol. The second kappa shape index (κ2) is 36.4. The van der Waals surface area contributed by atoms with E-state index in [0.717, 1.165) is 13.1 Å². The Morgan fingerprint density at radius 3 is 1.30 bits per heavy atom. The number of nitrogens with two attached hydrogens (primary N) is 2. The third-order valence-electron chi connectivity index (χ3n) is 0.558. The first-order valence-corrected chi connectivity index (χ1v) is 4.23. The van der Waals surface area contributed by atoms with Crippen LogP contribution in [0.2, 0.25) is 0 Å². The van der Waals surface area contributed by atoms with Crippen LogP contribution in [0, 0.1) is 0 Å². The van der Waals surface area contributed by atoms with E-state index in [4.69, 9.17) is 11.5 Å². The maximum absolute atomic E-state index is 5.14. The van der Waals surface area contributed by atoms with Crippen LogP contribution in [-0.4, -0.2) is 13.1 Å². The van der Waals surface area contributed by atoms with Crippen molar-refractivity contribution >= 4 is 0 Å². The highest BCUT2D eigenvalue weighted by Gasteiger charge is 1.67. The SMILES string of the molecule is CC.CCCCN.CCN. The number of hydrogen-bond acceptors (Lipinski definition) is 2. The van der Waals surface area contributed by atoms with Crippen LogP contribution in [-0.2, 0) is 0 Å². The number of unbranched alkanes of at least 4 members (excludes halogenated alkanes) is 1. The molecule has 2 nitrogen and oxygen atoms in total. The van der Waals surface area contributed by atoms with E-state index in [-0.39, 0.29) is 0 Å². The van der Waals surface area contributed by atoms with Gasteiger partial charge >= 0.3 is 0 Å². The second-order valence-corrected chi connectivity index (χ2v) is 1.55. The Morgan fingerprint density at radius 2 is 1.30 bits per heavy atom. The summed E-state index contributed by atoms with van der Waals surface area (Å²) in [5, 5.41) is 0. The van der Waals surface area contributed by atoms with Gasteiger partial charge in [-0.15, -0.1) is 0 Å². The van der Waals surface area contributed by atoms with Crippen LogP contribution in [0.5, 0.6) is 0 Å². The van der Waals surface area contributed by atoms with Crippen molar-refractivity contribution in [2.24, 2.45) is 11.5 Å². The molecular formula is C8H24N2. The lowest BCUT2D eigenvalue weighted by Crippen LogP contribution is -1.95. The Hall–Kier alpha value is -0.0800. The van der Waals surface area contributed by atoms with Crippen molar-refractivity contribution in [2.75, 3.05) is 13.1 Å². The molecule has 0 aliphatic heterocycles. The molecule has 0 fully saturated rings. The van der Waals surface area contributed by atoms with E-state index in [1.807, 2.05) is 20.8 Å². The van der Waals surface area contributed by atoms with Crippen molar-refractivity contribution < 1.29 is 0 Å². The van der Waals surface area contributed by atoms with Gasteiger partial charge in [-0.25, -0.2) is 0 Å². The summed E-state index contributed by atoms with van der Waals surface area (Å²) in [5.74, 6) is 0. The molecule has 0 aromatic rings. The maximum Gasteiger partial charge on any atom is -0.00774 e. The van der Waals surface area contributed by atoms with Crippen LogP contribution in [0.15, 0.2) is 0 Å². The van der Waals surface area contributed by atoms with Crippen LogP contribution in [0.3, 0.4) is 0 Å². The molecule has 0 aromatic heterocycles. The smallest absolute Gasteiger partial charge is 0.00774 e. The summed E-state index contributed by atoms with van der Waals surface area (Å²) in [7, 11) is 0. The maximum atomic E-state index is 5.14. The van der Waals surface area contributed by atoms with Crippen LogP contribution >= 0.6 is 0 Å². The van der Waals surface area contributed by atoms with Crippen LogP contribution in [0.4, 0.5) is 0 Å². The molecule has 0 rings (SSSR count). The predicted molar refractivity (Wildman–Crippen MR) is 50.0 cm³/mol. The van der Waals surface area contributed by atoms with Crippen molar-refractivity contribution in [3.05, 3.63) is 0 Å². The van der Waals surface area contributed by atoms with Crippen molar-refractivity contribution in [3.63, 3.8) is 0 Å². The highest BCUT2D eigenvalue weighted by molar-refractivity contribution is 4.29. The molecule has 0 aromatic carbocycles. The van der Waals surface area contributed by atoms with Crippen molar-refractivity contribution in [1.29, 1.82) is 0 Å². The minimum absolute atomic E-state index is 0.750. The third-order valence-corrected chi connectivity index (χ3v) is 0.558. The Balaban J connectivity index is -0.0000000847.